The number of alkyl halides is 3. The van der Waals surface area contributed by atoms with Crippen LogP contribution in [-0.4, -0.2) is 33.4 Å². The Morgan fingerprint density at radius 2 is 1.73 bits per heavy atom. The van der Waals surface area contributed by atoms with E-state index < -0.39 is 27.5 Å². The number of sulfone groups is 1. The summed E-state index contributed by atoms with van der Waals surface area (Å²) in [5.41, 5.74) is -0.854. The molecule has 4 nitrogen and oxygen atoms in total. The van der Waals surface area contributed by atoms with Crippen LogP contribution in [-0.2, 0) is 16.0 Å². The summed E-state index contributed by atoms with van der Waals surface area (Å²) < 4.78 is 57.1. The molecule has 2 fully saturated rings. The van der Waals surface area contributed by atoms with Crippen molar-refractivity contribution in [2.75, 3.05) is 19.1 Å². The first-order valence-electron chi connectivity index (χ1n) is 10.1. The number of amides is 1. The zero-order valence-electron chi connectivity index (χ0n) is 17.7. The lowest BCUT2D eigenvalue weighted by atomic mass is 9.82. The van der Waals surface area contributed by atoms with E-state index in [1.54, 1.807) is 32.1 Å². The molecule has 2 saturated carbocycles. The molecule has 2 aliphatic carbocycles. The van der Waals surface area contributed by atoms with Crippen LogP contribution in [0.1, 0.15) is 67.8 Å². The molecule has 1 amide bonds. The molecule has 172 valence electrons. The second-order valence-corrected chi connectivity index (χ2v) is 10.5. The molecule has 30 heavy (non-hydrogen) atoms. The van der Waals surface area contributed by atoms with Crippen molar-refractivity contribution in [3.63, 3.8) is 0 Å². The van der Waals surface area contributed by atoms with E-state index in [1.165, 1.54) is 31.6 Å². The van der Waals surface area contributed by atoms with E-state index in [2.05, 4.69) is 5.32 Å². The molecular weight excluding hydrogens is 439 g/mol. The molecule has 0 heterocycles. The highest BCUT2D eigenvalue weighted by Gasteiger charge is 2.31. The lowest BCUT2D eigenvalue weighted by Gasteiger charge is -2.24. The van der Waals surface area contributed by atoms with Gasteiger partial charge in [-0.3, -0.25) is 4.79 Å². The number of hydrogen-bond acceptors (Lipinski definition) is 3. The highest BCUT2D eigenvalue weighted by molar-refractivity contribution is 7.90. The minimum Gasteiger partial charge on any atom is -0.355 e. The summed E-state index contributed by atoms with van der Waals surface area (Å²) >= 11 is 5.55. The van der Waals surface area contributed by atoms with Gasteiger partial charge in [0.05, 0.1) is 16.1 Å². The Labute approximate surface area is 182 Å². The van der Waals surface area contributed by atoms with Crippen LogP contribution >= 0.6 is 11.6 Å². The average Bonchev–Trinajstić information content (AvgIpc) is 3.41. The van der Waals surface area contributed by atoms with Gasteiger partial charge in [-0.2, -0.15) is 13.2 Å². The monoisotopic (exact) mass is 469 g/mol. The Morgan fingerprint density at radius 3 is 2.03 bits per heavy atom. The van der Waals surface area contributed by atoms with E-state index >= 15 is 0 Å². The van der Waals surface area contributed by atoms with Gasteiger partial charge in [-0.15, -0.1) is 0 Å². The van der Waals surface area contributed by atoms with Gasteiger partial charge in [-0.05, 0) is 42.9 Å². The minimum absolute atomic E-state index is 0.0205. The van der Waals surface area contributed by atoms with Crippen molar-refractivity contribution in [2.24, 2.45) is 11.8 Å². The highest BCUT2D eigenvalue weighted by atomic mass is 35.5. The Bertz CT molecular complexity index is 789. The van der Waals surface area contributed by atoms with Crippen LogP contribution in [0.4, 0.5) is 13.2 Å². The van der Waals surface area contributed by atoms with Gasteiger partial charge >= 0.3 is 6.18 Å². The van der Waals surface area contributed by atoms with E-state index in [9.17, 15) is 26.4 Å². The van der Waals surface area contributed by atoms with E-state index in [0.717, 1.165) is 24.6 Å². The first-order valence-corrected chi connectivity index (χ1v) is 12.6. The van der Waals surface area contributed by atoms with Gasteiger partial charge in [0, 0.05) is 19.1 Å². The third kappa shape index (κ3) is 10.7. The van der Waals surface area contributed by atoms with E-state index in [-0.39, 0.29) is 10.6 Å². The Morgan fingerprint density at radius 1 is 1.17 bits per heavy atom. The van der Waals surface area contributed by atoms with Gasteiger partial charge in [0.2, 0.25) is 0 Å². The quantitative estimate of drug-likeness (QED) is 0.597. The topological polar surface area (TPSA) is 63.2 Å². The van der Waals surface area contributed by atoms with Crippen LogP contribution in [0.15, 0.2) is 18.2 Å². The molecule has 1 N–H and O–H groups in total. The fraction of sp³-hybridized carbons (Fsp3) is 0.667. The van der Waals surface area contributed by atoms with E-state index in [4.69, 9.17) is 11.6 Å². The largest absolute Gasteiger partial charge is 0.416 e. The van der Waals surface area contributed by atoms with E-state index in [1.807, 2.05) is 6.92 Å². The van der Waals surface area contributed by atoms with Crippen molar-refractivity contribution < 1.29 is 26.4 Å². The summed E-state index contributed by atoms with van der Waals surface area (Å²) in [7, 11) is -1.30. The predicted molar refractivity (Wildman–Crippen MR) is 115 cm³/mol. The molecule has 0 aliphatic heterocycles. The standard InChI is InChI=1S/C9H7ClF3NO.C8H14.C4H10O2S/c1-14-8(15)6-3-2-5(4-7(6)10)9(11,12)13;1-2-7(3-1)6-8-4-5-8;1-3-4-7(2,5)6/h2-4H,1H3,(H,14,15);7-8H,1-6H2;3-4H2,1-2H3. The lowest BCUT2D eigenvalue weighted by Crippen LogP contribution is -2.18. The van der Waals surface area contributed by atoms with Crippen LogP contribution in [0, 0.1) is 11.8 Å². The summed E-state index contributed by atoms with van der Waals surface area (Å²) in [5, 5.41) is 2.06. The molecule has 0 atom stereocenters. The van der Waals surface area contributed by atoms with Crippen LogP contribution in [0.5, 0.6) is 0 Å². The number of hydrogen-bond donors (Lipinski definition) is 1. The molecular formula is C21H31ClF3NO3S. The average molecular weight is 470 g/mol. The second kappa shape index (κ2) is 11.9. The molecule has 9 heteroatoms. The second-order valence-electron chi connectivity index (χ2n) is 7.88. The molecule has 1 aromatic carbocycles. The van der Waals surface area contributed by atoms with Gasteiger partial charge in [0.25, 0.3) is 5.91 Å². The molecule has 0 saturated heterocycles. The zero-order chi connectivity index (χ0) is 22.9. The van der Waals surface area contributed by atoms with E-state index in [0.29, 0.717) is 5.75 Å². The molecule has 2 aliphatic rings. The van der Waals surface area contributed by atoms with Gasteiger partial charge in [0.15, 0.2) is 0 Å². The van der Waals surface area contributed by atoms with Crippen LogP contribution in [0.3, 0.4) is 0 Å². The maximum Gasteiger partial charge on any atom is 0.416 e. The summed E-state index contributed by atoms with van der Waals surface area (Å²) in [6.07, 6.45) is 6.83. The van der Waals surface area contributed by atoms with Gasteiger partial charge in [-0.25, -0.2) is 8.42 Å². The fourth-order valence-electron chi connectivity index (χ4n) is 2.93. The molecule has 1 aromatic rings. The summed E-state index contributed by atoms with van der Waals surface area (Å²) in [6.45, 7) is 1.85. The molecule has 0 aromatic heterocycles. The molecule has 0 unspecified atom stereocenters. The Kier molecular flexibility index (Phi) is 10.6. The lowest BCUT2D eigenvalue weighted by molar-refractivity contribution is -0.137. The van der Waals surface area contributed by atoms with Crippen molar-refractivity contribution in [3.8, 4) is 0 Å². The zero-order valence-corrected chi connectivity index (χ0v) is 19.3. The third-order valence-electron chi connectivity index (χ3n) is 4.93. The highest BCUT2D eigenvalue weighted by Crippen LogP contribution is 2.41. The molecule has 0 radical (unpaired) electrons. The summed E-state index contributed by atoms with van der Waals surface area (Å²) in [5.74, 6) is 2.14. The van der Waals surface area contributed by atoms with Crippen molar-refractivity contribution >= 4 is 27.3 Å². The first kappa shape index (κ1) is 26.8. The van der Waals surface area contributed by atoms with Crippen molar-refractivity contribution in [1.29, 1.82) is 0 Å². The van der Waals surface area contributed by atoms with Crippen molar-refractivity contribution in [3.05, 3.63) is 34.3 Å². The predicted octanol–water partition coefficient (Wildman–Crippen LogP) is 5.75. The van der Waals surface area contributed by atoms with Gasteiger partial charge in [0.1, 0.15) is 9.84 Å². The van der Waals surface area contributed by atoms with Crippen molar-refractivity contribution in [1.82, 2.24) is 5.32 Å². The number of nitrogens with one attached hydrogen (secondary N) is 1. The minimum atomic E-state index is -4.45. The van der Waals surface area contributed by atoms with Gasteiger partial charge < -0.3 is 5.32 Å². The van der Waals surface area contributed by atoms with Crippen LogP contribution in [0.25, 0.3) is 0 Å². The maximum absolute atomic E-state index is 12.2. The molecule has 0 spiro atoms. The Balaban J connectivity index is 0.000000250. The normalized spacial score (nSPS) is 16.4. The van der Waals surface area contributed by atoms with Crippen LogP contribution < -0.4 is 5.32 Å². The summed E-state index contributed by atoms with van der Waals surface area (Å²) in [4.78, 5) is 11.1. The third-order valence-corrected chi connectivity index (χ3v) is 6.39. The smallest absolute Gasteiger partial charge is 0.355 e. The molecule has 3 rings (SSSR count). The SMILES string of the molecule is C1CC(CC2CC2)C1.CCCS(C)(=O)=O.CNC(=O)c1ccc(C(F)(F)F)cc1Cl. The number of carbonyl (C=O) groups is 1. The molecule has 0 bridgehead atoms. The first-order chi connectivity index (χ1) is 13.9. The number of halogens is 4. The number of rotatable bonds is 5. The van der Waals surface area contributed by atoms with Crippen LogP contribution in [0.2, 0.25) is 5.02 Å². The number of carbonyl (C=O) groups excluding carboxylic acids is 1. The maximum atomic E-state index is 12.2. The number of benzene rings is 1. The van der Waals surface area contributed by atoms with Gasteiger partial charge in [-0.1, -0.05) is 50.6 Å². The Hall–Kier alpha value is -1.28. The fourth-order valence-corrected chi connectivity index (χ4v) is 3.94. The van der Waals surface area contributed by atoms with Crippen molar-refractivity contribution in [2.45, 2.75) is 58.0 Å². The summed E-state index contributed by atoms with van der Waals surface area (Å²) in [6, 6.07) is 2.59.